The minimum atomic E-state index is 0.129. The van der Waals surface area contributed by atoms with E-state index in [4.69, 9.17) is 5.11 Å². The molecule has 0 aliphatic rings. The first-order chi connectivity index (χ1) is 8.41. The summed E-state index contributed by atoms with van der Waals surface area (Å²) < 4.78 is 0. The van der Waals surface area contributed by atoms with Crippen molar-refractivity contribution in [3.63, 3.8) is 0 Å². The van der Waals surface area contributed by atoms with Crippen LogP contribution in [-0.4, -0.2) is 11.7 Å². The first kappa shape index (κ1) is 15.6. The maximum atomic E-state index is 8.49. The third-order valence-corrected chi connectivity index (χ3v) is 2.12. The minimum Gasteiger partial charge on any atom is -0.395 e. The summed E-state index contributed by atoms with van der Waals surface area (Å²) in [6, 6.07) is 0. The van der Waals surface area contributed by atoms with E-state index in [0.29, 0.717) is 19.3 Å². The highest BCUT2D eigenvalue weighted by Gasteiger charge is 1.83. The third-order valence-electron chi connectivity index (χ3n) is 2.12. The van der Waals surface area contributed by atoms with Crippen molar-refractivity contribution in [2.75, 3.05) is 6.61 Å². The highest BCUT2D eigenvalue weighted by Crippen LogP contribution is 2.00. The molecule has 0 atom stereocenters. The standard InChI is InChI=1S/C16H22O/c1-2-3-4-5-6-7-8-9-10-11-12-13-14-15-16-17/h17H,2-6,9,12,15-16H2,1H3. The number of rotatable bonds is 5. The zero-order valence-electron chi connectivity index (χ0n) is 10.8. The van der Waals surface area contributed by atoms with Crippen molar-refractivity contribution in [1.82, 2.24) is 0 Å². The van der Waals surface area contributed by atoms with Crippen molar-refractivity contribution in [2.24, 2.45) is 0 Å². The zero-order chi connectivity index (χ0) is 12.6. The molecule has 1 nitrogen and oxygen atoms in total. The molecule has 0 aliphatic heterocycles. The molecule has 17 heavy (non-hydrogen) atoms. The fraction of sp³-hybridized carbons (Fsp3) is 0.625. The average molecular weight is 230 g/mol. The Morgan fingerprint density at radius 1 is 0.706 bits per heavy atom. The molecule has 0 fully saturated rings. The minimum absolute atomic E-state index is 0.129. The van der Waals surface area contributed by atoms with Crippen LogP contribution >= 0.6 is 0 Å². The lowest BCUT2D eigenvalue weighted by Crippen LogP contribution is -1.75. The van der Waals surface area contributed by atoms with Crippen LogP contribution in [0.2, 0.25) is 0 Å². The van der Waals surface area contributed by atoms with Crippen LogP contribution in [0, 0.1) is 35.5 Å². The lowest BCUT2D eigenvalue weighted by molar-refractivity contribution is 0.305. The monoisotopic (exact) mass is 230 g/mol. The molecule has 0 aliphatic carbocycles. The molecule has 92 valence electrons. The van der Waals surface area contributed by atoms with Crippen LogP contribution in [0.5, 0.6) is 0 Å². The summed E-state index contributed by atoms with van der Waals surface area (Å²) in [7, 11) is 0. The Morgan fingerprint density at radius 3 is 1.88 bits per heavy atom. The zero-order valence-corrected chi connectivity index (χ0v) is 10.8. The molecule has 1 N–H and O–H groups in total. The van der Waals surface area contributed by atoms with Gasteiger partial charge in [-0.2, -0.15) is 0 Å². The summed E-state index contributed by atoms with van der Waals surface area (Å²) in [6.45, 7) is 2.34. The summed E-state index contributed by atoms with van der Waals surface area (Å²) in [4.78, 5) is 0. The predicted molar refractivity (Wildman–Crippen MR) is 73.0 cm³/mol. The second-order valence-corrected chi connectivity index (χ2v) is 3.70. The number of aliphatic hydroxyl groups is 1. The van der Waals surface area contributed by atoms with Gasteiger partial charge in [0.2, 0.25) is 0 Å². The Bertz CT molecular complexity index is 335. The van der Waals surface area contributed by atoms with Crippen molar-refractivity contribution in [1.29, 1.82) is 0 Å². The molecule has 0 radical (unpaired) electrons. The topological polar surface area (TPSA) is 20.2 Å². The molecule has 0 heterocycles. The Morgan fingerprint density at radius 2 is 1.29 bits per heavy atom. The van der Waals surface area contributed by atoms with Gasteiger partial charge in [-0.3, -0.25) is 0 Å². The number of hydrogen-bond donors (Lipinski definition) is 1. The van der Waals surface area contributed by atoms with Gasteiger partial charge in [-0.1, -0.05) is 55.8 Å². The van der Waals surface area contributed by atoms with Crippen molar-refractivity contribution >= 4 is 0 Å². The van der Waals surface area contributed by atoms with Crippen molar-refractivity contribution in [3.8, 4) is 35.5 Å². The van der Waals surface area contributed by atoms with Gasteiger partial charge in [-0.25, -0.2) is 0 Å². The average Bonchev–Trinajstić information content (AvgIpc) is 2.35. The third kappa shape index (κ3) is 14.6. The summed E-state index contributed by atoms with van der Waals surface area (Å²) >= 11 is 0. The Kier molecular flexibility index (Phi) is 13.5. The largest absolute Gasteiger partial charge is 0.395 e. The van der Waals surface area contributed by atoms with Crippen LogP contribution in [0.3, 0.4) is 0 Å². The highest BCUT2D eigenvalue weighted by atomic mass is 16.2. The maximum absolute atomic E-state index is 8.49. The second-order valence-electron chi connectivity index (χ2n) is 3.70. The van der Waals surface area contributed by atoms with Crippen LogP contribution in [0.15, 0.2) is 0 Å². The molecule has 0 aromatic heterocycles. The SMILES string of the molecule is CCCCCCC#CCC#CCC#CCCO. The Hall–Kier alpha value is -1.36. The van der Waals surface area contributed by atoms with E-state index in [-0.39, 0.29) is 6.61 Å². The van der Waals surface area contributed by atoms with Gasteiger partial charge in [0.15, 0.2) is 0 Å². The van der Waals surface area contributed by atoms with Crippen molar-refractivity contribution in [3.05, 3.63) is 0 Å². The summed E-state index contributed by atoms with van der Waals surface area (Å²) in [5, 5.41) is 8.49. The molecule has 0 amide bonds. The van der Waals surface area contributed by atoms with Crippen molar-refractivity contribution in [2.45, 2.75) is 58.3 Å². The summed E-state index contributed by atoms with van der Waals surface area (Å²) in [5.74, 6) is 17.8. The molecule has 1 heteroatoms. The number of unbranched alkanes of at least 4 members (excludes halogenated alkanes) is 4. The van der Waals surface area contributed by atoms with Gasteiger partial charge in [0.05, 0.1) is 19.4 Å². The molecule has 0 bridgehead atoms. The molecule has 0 saturated carbocycles. The molecule has 0 saturated heterocycles. The lowest BCUT2D eigenvalue weighted by atomic mass is 10.1. The predicted octanol–water partition coefficient (Wildman–Crippen LogP) is 3.13. The molecule has 0 rings (SSSR count). The molecule has 0 unspecified atom stereocenters. The maximum Gasteiger partial charge on any atom is 0.0703 e. The van der Waals surface area contributed by atoms with Gasteiger partial charge in [-0.05, 0) is 6.42 Å². The molecule has 0 spiro atoms. The van der Waals surface area contributed by atoms with Gasteiger partial charge in [0.25, 0.3) is 0 Å². The van der Waals surface area contributed by atoms with E-state index in [1.165, 1.54) is 25.7 Å². The molecular weight excluding hydrogens is 208 g/mol. The van der Waals surface area contributed by atoms with Crippen molar-refractivity contribution < 1.29 is 5.11 Å². The van der Waals surface area contributed by atoms with Gasteiger partial charge >= 0.3 is 0 Å². The van der Waals surface area contributed by atoms with E-state index in [1.54, 1.807) is 0 Å². The first-order valence-corrected chi connectivity index (χ1v) is 6.39. The van der Waals surface area contributed by atoms with Crippen LogP contribution in [0.1, 0.15) is 58.3 Å². The summed E-state index contributed by atoms with van der Waals surface area (Å²) in [5.41, 5.74) is 0. The van der Waals surface area contributed by atoms with E-state index >= 15 is 0 Å². The Labute approximate surface area is 106 Å². The number of hydrogen-bond acceptors (Lipinski definition) is 1. The second kappa shape index (κ2) is 14.6. The van der Waals surface area contributed by atoms with Crippen LogP contribution < -0.4 is 0 Å². The normalized spacial score (nSPS) is 8.12. The van der Waals surface area contributed by atoms with E-state index in [0.717, 1.165) is 6.42 Å². The van der Waals surface area contributed by atoms with Crippen LogP contribution in [0.4, 0.5) is 0 Å². The highest BCUT2D eigenvalue weighted by molar-refractivity contribution is 5.16. The first-order valence-electron chi connectivity index (χ1n) is 6.39. The van der Waals surface area contributed by atoms with E-state index < -0.39 is 0 Å². The molecule has 0 aromatic rings. The van der Waals surface area contributed by atoms with E-state index in [2.05, 4.69) is 42.4 Å². The van der Waals surface area contributed by atoms with E-state index in [9.17, 15) is 0 Å². The van der Waals surface area contributed by atoms with Gasteiger partial charge < -0.3 is 5.11 Å². The summed E-state index contributed by atoms with van der Waals surface area (Å²) in [6.07, 6.45) is 7.85. The number of aliphatic hydroxyl groups excluding tert-OH is 1. The van der Waals surface area contributed by atoms with Gasteiger partial charge in [0, 0.05) is 12.8 Å². The molecule has 0 aromatic carbocycles. The molecular formula is C16H22O. The Balaban J connectivity index is 3.41. The van der Waals surface area contributed by atoms with Crippen LogP contribution in [0.25, 0.3) is 0 Å². The lowest BCUT2D eigenvalue weighted by Gasteiger charge is -1.91. The van der Waals surface area contributed by atoms with E-state index in [1.807, 2.05) is 0 Å². The fourth-order valence-electron chi connectivity index (χ4n) is 1.21. The van der Waals surface area contributed by atoms with Crippen LogP contribution in [-0.2, 0) is 0 Å². The van der Waals surface area contributed by atoms with Gasteiger partial charge in [-0.15, -0.1) is 5.92 Å². The quantitative estimate of drug-likeness (QED) is 0.568. The van der Waals surface area contributed by atoms with Gasteiger partial charge in [0.1, 0.15) is 0 Å². The fourth-order valence-corrected chi connectivity index (χ4v) is 1.21. The smallest absolute Gasteiger partial charge is 0.0703 e.